The summed E-state index contributed by atoms with van der Waals surface area (Å²) in [5.41, 5.74) is 6.61. The zero-order chi connectivity index (χ0) is 13.2. The van der Waals surface area contributed by atoms with E-state index in [1.807, 2.05) is 18.2 Å². The Hall–Kier alpha value is -2.29. The molecule has 0 aromatic heterocycles. The number of carboxylic acid groups (broad SMARTS) is 1. The first-order chi connectivity index (χ1) is 8.56. The van der Waals surface area contributed by atoms with Gasteiger partial charge in [-0.2, -0.15) is 0 Å². The summed E-state index contributed by atoms with van der Waals surface area (Å²) in [4.78, 5) is 11.7. The highest BCUT2D eigenvalue weighted by molar-refractivity contribution is 5.87. The van der Waals surface area contributed by atoms with Crippen molar-refractivity contribution < 1.29 is 9.90 Å². The predicted octanol–water partition coefficient (Wildman–Crippen LogP) is 2.66. The molecule has 0 spiro atoms. The van der Waals surface area contributed by atoms with Crippen molar-refractivity contribution in [3.05, 3.63) is 65.7 Å². The van der Waals surface area contributed by atoms with Crippen LogP contribution in [0.4, 0.5) is 5.69 Å². The van der Waals surface area contributed by atoms with Crippen LogP contribution in [0.1, 0.15) is 18.1 Å². The van der Waals surface area contributed by atoms with Gasteiger partial charge >= 0.3 is 5.97 Å². The Kier molecular flexibility index (Phi) is 3.06. The number of nitrogens with two attached hydrogens (primary N) is 1. The number of para-hydroxylation sites is 1. The zero-order valence-electron chi connectivity index (χ0n) is 10.1. The average molecular weight is 241 g/mol. The van der Waals surface area contributed by atoms with Gasteiger partial charge in [-0.25, -0.2) is 0 Å². The number of carboxylic acids is 1. The molecular formula is C15H15NO2. The van der Waals surface area contributed by atoms with E-state index < -0.39 is 11.4 Å². The minimum absolute atomic E-state index is 0.492. The highest BCUT2D eigenvalue weighted by Crippen LogP contribution is 2.35. The minimum atomic E-state index is -1.13. The first-order valence-electron chi connectivity index (χ1n) is 5.70. The molecule has 0 fully saturated rings. The first-order valence-corrected chi connectivity index (χ1v) is 5.70. The topological polar surface area (TPSA) is 63.3 Å². The van der Waals surface area contributed by atoms with E-state index in [0.717, 1.165) is 5.56 Å². The Labute approximate surface area is 106 Å². The molecule has 0 aliphatic heterocycles. The van der Waals surface area contributed by atoms with E-state index in [4.69, 9.17) is 5.73 Å². The van der Waals surface area contributed by atoms with E-state index in [9.17, 15) is 9.90 Å². The fourth-order valence-electron chi connectivity index (χ4n) is 2.12. The van der Waals surface area contributed by atoms with Crippen molar-refractivity contribution in [2.75, 3.05) is 5.73 Å². The molecule has 0 aliphatic rings. The fourth-order valence-corrected chi connectivity index (χ4v) is 2.12. The molecule has 0 saturated heterocycles. The van der Waals surface area contributed by atoms with E-state index in [1.165, 1.54) is 0 Å². The van der Waals surface area contributed by atoms with Gasteiger partial charge in [0.25, 0.3) is 0 Å². The number of hydrogen-bond acceptors (Lipinski definition) is 2. The molecule has 3 N–H and O–H groups in total. The third-order valence-electron chi connectivity index (χ3n) is 3.28. The molecule has 92 valence electrons. The maximum absolute atomic E-state index is 11.7. The van der Waals surface area contributed by atoms with Crippen LogP contribution in [0.5, 0.6) is 0 Å². The summed E-state index contributed by atoms with van der Waals surface area (Å²) in [5, 5.41) is 9.61. The van der Waals surface area contributed by atoms with Gasteiger partial charge in [0.2, 0.25) is 0 Å². The molecule has 3 nitrogen and oxygen atoms in total. The third kappa shape index (κ3) is 1.84. The summed E-state index contributed by atoms with van der Waals surface area (Å²) in [6, 6.07) is 16.2. The smallest absolute Gasteiger partial charge is 0.318 e. The average Bonchev–Trinajstić information content (AvgIpc) is 2.39. The molecule has 2 rings (SSSR count). The van der Waals surface area contributed by atoms with Crippen molar-refractivity contribution in [1.29, 1.82) is 0 Å². The van der Waals surface area contributed by atoms with Gasteiger partial charge in [-0.15, -0.1) is 0 Å². The lowest BCUT2D eigenvalue weighted by Gasteiger charge is -2.27. The van der Waals surface area contributed by atoms with E-state index >= 15 is 0 Å². The van der Waals surface area contributed by atoms with Crippen LogP contribution < -0.4 is 5.73 Å². The number of aliphatic carboxylic acids is 1. The molecule has 2 aromatic rings. The maximum atomic E-state index is 11.7. The fraction of sp³-hybridized carbons (Fsp3) is 0.133. The molecule has 0 saturated carbocycles. The van der Waals surface area contributed by atoms with Gasteiger partial charge in [0.1, 0.15) is 5.41 Å². The van der Waals surface area contributed by atoms with Gasteiger partial charge in [-0.05, 0) is 24.1 Å². The molecule has 0 amide bonds. The molecule has 18 heavy (non-hydrogen) atoms. The predicted molar refractivity (Wildman–Crippen MR) is 71.4 cm³/mol. The van der Waals surface area contributed by atoms with Gasteiger partial charge in [0.15, 0.2) is 0 Å². The maximum Gasteiger partial charge on any atom is 0.318 e. The van der Waals surface area contributed by atoms with Crippen LogP contribution in [0, 0.1) is 0 Å². The molecule has 1 unspecified atom stereocenters. The Morgan fingerprint density at radius 2 is 1.61 bits per heavy atom. The van der Waals surface area contributed by atoms with Crippen molar-refractivity contribution in [3.63, 3.8) is 0 Å². The number of anilines is 1. The van der Waals surface area contributed by atoms with Crippen LogP contribution >= 0.6 is 0 Å². The van der Waals surface area contributed by atoms with Gasteiger partial charge < -0.3 is 10.8 Å². The molecule has 2 aromatic carbocycles. The summed E-state index contributed by atoms with van der Waals surface area (Å²) in [6.45, 7) is 1.68. The highest BCUT2D eigenvalue weighted by Gasteiger charge is 2.38. The van der Waals surface area contributed by atoms with Crippen LogP contribution in [0.25, 0.3) is 0 Å². The minimum Gasteiger partial charge on any atom is -0.480 e. The van der Waals surface area contributed by atoms with Crippen molar-refractivity contribution >= 4 is 11.7 Å². The number of nitrogen functional groups attached to an aromatic ring is 1. The quantitative estimate of drug-likeness (QED) is 0.812. The van der Waals surface area contributed by atoms with Crippen LogP contribution in [0.3, 0.4) is 0 Å². The number of hydrogen-bond donors (Lipinski definition) is 2. The number of benzene rings is 2. The Morgan fingerprint density at radius 1 is 1.06 bits per heavy atom. The summed E-state index contributed by atoms with van der Waals surface area (Å²) < 4.78 is 0. The second-order valence-electron chi connectivity index (χ2n) is 4.38. The summed E-state index contributed by atoms with van der Waals surface area (Å²) >= 11 is 0. The van der Waals surface area contributed by atoms with Gasteiger partial charge in [-0.1, -0.05) is 48.5 Å². The van der Waals surface area contributed by atoms with E-state index in [1.54, 1.807) is 43.3 Å². The SMILES string of the molecule is CC(C(=O)O)(c1ccccc1)c1ccccc1N. The van der Waals surface area contributed by atoms with Gasteiger partial charge in [-0.3, -0.25) is 4.79 Å². The van der Waals surface area contributed by atoms with Crippen LogP contribution in [0.15, 0.2) is 54.6 Å². The molecule has 1 atom stereocenters. The van der Waals surface area contributed by atoms with Crippen LogP contribution in [-0.2, 0) is 10.2 Å². The molecule has 0 bridgehead atoms. The first kappa shape index (κ1) is 12.2. The number of carbonyl (C=O) groups is 1. The molecule has 0 radical (unpaired) electrons. The summed E-state index contributed by atoms with van der Waals surface area (Å²) in [7, 11) is 0. The van der Waals surface area contributed by atoms with Crippen molar-refractivity contribution in [3.8, 4) is 0 Å². The third-order valence-corrected chi connectivity index (χ3v) is 3.28. The molecule has 0 heterocycles. The highest BCUT2D eigenvalue weighted by atomic mass is 16.4. The van der Waals surface area contributed by atoms with E-state index in [0.29, 0.717) is 11.3 Å². The lowest BCUT2D eigenvalue weighted by molar-refractivity contribution is -0.141. The number of rotatable bonds is 3. The van der Waals surface area contributed by atoms with Crippen molar-refractivity contribution in [2.45, 2.75) is 12.3 Å². The molecule has 0 aliphatic carbocycles. The van der Waals surface area contributed by atoms with Crippen LogP contribution in [0.2, 0.25) is 0 Å². The molecular weight excluding hydrogens is 226 g/mol. The van der Waals surface area contributed by atoms with Crippen molar-refractivity contribution in [2.24, 2.45) is 0 Å². The standard InChI is InChI=1S/C15H15NO2/c1-15(14(17)18,11-7-3-2-4-8-11)12-9-5-6-10-13(12)16/h2-10H,16H2,1H3,(H,17,18). The Bertz CT molecular complexity index is 566. The Morgan fingerprint density at radius 3 is 2.17 bits per heavy atom. The van der Waals surface area contributed by atoms with Gasteiger partial charge in [0, 0.05) is 5.69 Å². The normalized spacial score (nSPS) is 13.8. The summed E-state index contributed by atoms with van der Waals surface area (Å²) in [5.74, 6) is -0.911. The van der Waals surface area contributed by atoms with Gasteiger partial charge in [0.05, 0.1) is 0 Å². The lowest BCUT2D eigenvalue weighted by atomic mass is 9.75. The van der Waals surface area contributed by atoms with Crippen molar-refractivity contribution in [1.82, 2.24) is 0 Å². The van der Waals surface area contributed by atoms with E-state index in [2.05, 4.69) is 0 Å². The van der Waals surface area contributed by atoms with E-state index in [-0.39, 0.29) is 0 Å². The Balaban J connectivity index is 2.67. The monoisotopic (exact) mass is 241 g/mol. The second kappa shape index (κ2) is 4.53. The van der Waals surface area contributed by atoms with Crippen LogP contribution in [-0.4, -0.2) is 11.1 Å². The summed E-state index contributed by atoms with van der Waals surface area (Å²) in [6.07, 6.45) is 0. The second-order valence-corrected chi connectivity index (χ2v) is 4.38. The largest absolute Gasteiger partial charge is 0.480 e. The zero-order valence-corrected chi connectivity index (χ0v) is 10.1. The lowest BCUT2D eigenvalue weighted by Crippen LogP contribution is -2.34. The molecule has 3 heteroatoms.